The second-order valence-corrected chi connectivity index (χ2v) is 13.2. The van der Waals surface area contributed by atoms with Gasteiger partial charge in [-0.15, -0.1) is 0 Å². The Kier molecular flexibility index (Phi) is 15.1. The van der Waals surface area contributed by atoms with E-state index in [-0.39, 0.29) is 11.8 Å². The van der Waals surface area contributed by atoms with E-state index in [9.17, 15) is 8.42 Å². The van der Waals surface area contributed by atoms with E-state index in [0.29, 0.717) is 24.4 Å². The number of nitrogens with zero attached hydrogens (tertiary/aromatic N) is 3. The van der Waals surface area contributed by atoms with Crippen LogP contribution in [0.3, 0.4) is 0 Å². The number of aliphatic hydroxyl groups is 1. The van der Waals surface area contributed by atoms with Crippen molar-refractivity contribution in [2.24, 2.45) is 0 Å². The zero-order valence-corrected chi connectivity index (χ0v) is 28.1. The van der Waals surface area contributed by atoms with Gasteiger partial charge in [0, 0.05) is 20.1 Å². The SMILES string of the molecule is C=C(O)/C=C\CC/C=C\CC1C=C(NCCCN(C)S(=O)(=O)C2=C(C)C=CCC=C2C)n2ncc(Br)c2N1.CCCC. The Balaban J connectivity index is 0.00000144. The normalized spacial score (nSPS) is 17.0. The summed E-state index contributed by atoms with van der Waals surface area (Å²) < 4.78 is 30.7. The molecule has 1 atom stereocenters. The van der Waals surface area contributed by atoms with Crippen LogP contribution in [0.4, 0.5) is 5.82 Å². The lowest BCUT2D eigenvalue weighted by molar-refractivity contribution is 0.435. The summed E-state index contributed by atoms with van der Waals surface area (Å²) in [7, 11) is -1.94. The number of hydrogen-bond acceptors (Lipinski definition) is 6. The molecule has 1 aromatic rings. The first-order chi connectivity index (χ1) is 20.0. The van der Waals surface area contributed by atoms with Gasteiger partial charge in [-0.2, -0.15) is 5.10 Å². The van der Waals surface area contributed by atoms with Gasteiger partial charge in [0.2, 0.25) is 10.0 Å². The Hall–Kier alpha value is -2.82. The van der Waals surface area contributed by atoms with Crippen LogP contribution in [0.1, 0.15) is 72.6 Å². The molecule has 8 nitrogen and oxygen atoms in total. The average molecular weight is 663 g/mol. The minimum Gasteiger partial charge on any atom is -0.509 e. The van der Waals surface area contributed by atoms with E-state index in [1.807, 2.05) is 42.8 Å². The predicted octanol–water partition coefficient (Wildman–Crippen LogP) is 7.82. The van der Waals surface area contributed by atoms with E-state index in [1.54, 1.807) is 19.3 Å². The number of halogens is 1. The summed E-state index contributed by atoms with van der Waals surface area (Å²) in [6, 6.07) is 0.0815. The molecule has 2 heterocycles. The second-order valence-electron chi connectivity index (χ2n) is 10.4. The zero-order valence-electron chi connectivity index (χ0n) is 25.7. The number of nitrogens with one attached hydrogen (secondary N) is 2. The van der Waals surface area contributed by atoms with Crippen molar-refractivity contribution in [3.05, 3.63) is 87.7 Å². The van der Waals surface area contributed by atoms with Crippen molar-refractivity contribution >= 4 is 37.6 Å². The summed E-state index contributed by atoms with van der Waals surface area (Å²) >= 11 is 3.56. The van der Waals surface area contributed by atoms with Gasteiger partial charge in [0.05, 0.1) is 21.6 Å². The molecule has 1 unspecified atom stereocenters. The van der Waals surface area contributed by atoms with Crippen molar-refractivity contribution in [3.8, 4) is 0 Å². The first-order valence-corrected chi connectivity index (χ1v) is 16.9. The number of unbranched alkanes of at least 4 members (excludes halogenated alkanes) is 2. The molecule has 0 aromatic carbocycles. The Morgan fingerprint density at radius 2 is 1.98 bits per heavy atom. The van der Waals surface area contributed by atoms with E-state index in [1.165, 1.54) is 17.1 Å². The Morgan fingerprint density at radius 1 is 1.26 bits per heavy atom. The van der Waals surface area contributed by atoms with Gasteiger partial charge in [-0.3, -0.25) is 0 Å². The van der Waals surface area contributed by atoms with E-state index in [0.717, 1.165) is 52.9 Å². The largest absolute Gasteiger partial charge is 0.509 e. The van der Waals surface area contributed by atoms with Crippen LogP contribution < -0.4 is 10.6 Å². The minimum atomic E-state index is -3.58. The predicted molar refractivity (Wildman–Crippen MR) is 180 cm³/mol. The molecule has 1 aliphatic carbocycles. The molecule has 10 heteroatoms. The Labute approximate surface area is 261 Å². The van der Waals surface area contributed by atoms with Crippen molar-refractivity contribution in [1.29, 1.82) is 0 Å². The van der Waals surface area contributed by atoms with Crippen LogP contribution in [0.5, 0.6) is 0 Å². The van der Waals surface area contributed by atoms with E-state index in [4.69, 9.17) is 5.11 Å². The smallest absolute Gasteiger partial charge is 0.243 e. The van der Waals surface area contributed by atoms with Crippen LogP contribution >= 0.6 is 15.9 Å². The molecule has 2 aliphatic rings. The fraction of sp³-hybridized carbons (Fsp3) is 0.469. The molecule has 3 rings (SSSR count). The topological polar surface area (TPSA) is 99.5 Å². The third-order valence-corrected chi connectivity index (χ3v) is 9.51. The zero-order chi connectivity index (χ0) is 31.1. The maximum absolute atomic E-state index is 13.3. The van der Waals surface area contributed by atoms with Crippen LogP contribution in [-0.4, -0.2) is 53.8 Å². The summed E-state index contributed by atoms with van der Waals surface area (Å²) in [6.45, 7) is 12.5. The molecule has 42 heavy (non-hydrogen) atoms. The molecule has 3 N–H and O–H groups in total. The third-order valence-electron chi connectivity index (χ3n) is 6.77. The average Bonchev–Trinajstić information content (AvgIpc) is 3.23. The van der Waals surface area contributed by atoms with E-state index >= 15 is 0 Å². The molecule has 0 radical (unpaired) electrons. The lowest BCUT2D eigenvalue weighted by Gasteiger charge is -2.26. The van der Waals surface area contributed by atoms with Crippen molar-refractivity contribution in [1.82, 2.24) is 19.4 Å². The molecule has 1 aromatic heterocycles. The van der Waals surface area contributed by atoms with Gasteiger partial charge in [0.15, 0.2) is 0 Å². The summed E-state index contributed by atoms with van der Waals surface area (Å²) in [4.78, 5) is 0.402. The lowest BCUT2D eigenvalue weighted by atomic mass is 10.1. The number of sulfonamides is 1. The monoisotopic (exact) mass is 661 g/mol. The maximum Gasteiger partial charge on any atom is 0.243 e. The van der Waals surface area contributed by atoms with Crippen LogP contribution in [0.15, 0.2) is 87.7 Å². The van der Waals surface area contributed by atoms with Gasteiger partial charge in [-0.05, 0) is 85.2 Å². The number of anilines is 1. The number of aromatic nitrogens is 2. The van der Waals surface area contributed by atoms with Crippen molar-refractivity contribution in [3.63, 3.8) is 0 Å². The van der Waals surface area contributed by atoms with Gasteiger partial charge < -0.3 is 15.7 Å². The molecule has 0 amide bonds. The van der Waals surface area contributed by atoms with Crippen molar-refractivity contribution in [2.45, 2.75) is 78.7 Å². The molecular weight excluding hydrogens is 614 g/mol. The lowest BCUT2D eigenvalue weighted by Crippen LogP contribution is -2.33. The molecular formula is C32H48BrN5O3S. The Morgan fingerprint density at radius 3 is 2.67 bits per heavy atom. The molecule has 0 saturated heterocycles. The minimum absolute atomic E-state index is 0.0674. The first kappa shape index (κ1) is 35.4. The third kappa shape index (κ3) is 10.8. The molecule has 0 saturated carbocycles. The highest BCUT2D eigenvalue weighted by Crippen LogP contribution is 2.30. The van der Waals surface area contributed by atoms with Gasteiger partial charge in [-0.25, -0.2) is 17.4 Å². The molecule has 1 aliphatic heterocycles. The fourth-order valence-electron chi connectivity index (χ4n) is 4.32. The van der Waals surface area contributed by atoms with E-state index < -0.39 is 10.0 Å². The number of allylic oxidation sites excluding steroid dienone is 8. The van der Waals surface area contributed by atoms with Crippen molar-refractivity contribution < 1.29 is 13.5 Å². The van der Waals surface area contributed by atoms with Crippen LogP contribution in [-0.2, 0) is 10.0 Å². The quantitative estimate of drug-likeness (QED) is 0.0814. The highest BCUT2D eigenvalue weighted by Gasteiger charge is 2.27. The van der Waals surface area contributed by atoms with Crippen LogP contribution in [0.2, 0.25) is 0 Å². The highest BCUT2D eigenvalue weighted by atomic mass is 79.9. The molecule has 0 spiro atoms. The van der Waals surface area contributed by atoms with Crippen LogP contribution in [0.25, 0.3) is 5.82 Å². The summed E-state index contributed by atoms with van der Waals surface area (Å²) in [6.07, 6.45) is 24.0. The summed E-state index contributed by atoms with van der Waals surface area (Å²) in [5.41, 5.74) is 1.56. The standard InChI is InChI=1S/C28H38BrN5O3S.C4H10/c1-21-13-10-11-14-22(2)27(21)38(36,37)33(4)18-12-17-30-26-19-24(32-28-25(29)20-31-34(26)28)16-9-7-5-6-8-15-23(3)35;1-3-4-2/h7-10,13-15,19-20,24,30,32,35H,3,5-6,11-12,16-18H2,1-2,4H3;3-4H2,1-2H3/b9-7-,15-8-;. The molecule has 0 bridgehead atoms. The van der Waals surface area contributed by atoms with Gasteiger partial charge in [0.1, 0.15) is 17.4 Å². The highest BCUT2D eigenvalue weighted by molar-refractivity contribution is 9.10. The fourth-order valence-corrected chi connectivity index (χ4v) is 6.34. The van der Waals surface area contributed by atoms with Gasteiger partial charge >= 0.3 is 0 Å². The first-order valence-electron chi connectivity index (χ1n) is 14.7. The summed E-state index contributed by atoms with van der Waals surface area (Å²) in [5.74, 6) is 1.81. The number of hydrogen-bond donors (Lipinski definition) is 3. The van der Waals surface area contributed by atoms with E-state index in [2.05, 4.69) is 70.3 Å². The number of rotatable bonds is 14. The maximum atomic E-state index is 13.3. The van der Waals surface area contributed by atoms with Crippen molar-refractivity contribution in [2.75, 3.05) is 25.5 Å². The molecule has 232 valence electrons. The van der Waals surface area contributed by atoms with Gasteiger partial charge in [-0.1, -0.05) is 69.7 Å². The molecule has 0 fully saturated rings. The Bertz CT molecular complexity index is 1330. The second kappa shape index (κ2) is 18.0. The van der Waals surface area contributed by atoms with Crippen LogP contribution in [0, 0.1) is 0 Å². The summed E-state index contributed by atoms with van der Waals surface area (Å²) in [5, 5.41) is 20.5. The number of fused-ring (bicyclic) bond motifs is 1. The number of aliphatic hydroxyl groups excluding tert-OH is 1. The van der Waals surface area contributed by atoms with Gasteiger partial charge in [0.25, 0.3) is 0 Å².